The van der Waals surface area contributed by atoms with Crippen LogP contribution in [0.5, 0.6) is 0 Å². The van der Waals surface area contributed by atoms with Crippen molar-refractivity contribution in [3.8, 4) is 0 Å². The van der Waals surface area contributed by atoms with Crippen molar-refractivity contribution in [2.45, 2.75) is 19.9 Å². The molecule has 0 saturated carbocycles. The van der Waals surface area contributed by atoms with Crippen molar-refractivity contribution in [3.63, 3.8) is 0 Å². The number of Topliss-reactive ketones (excluding diaryl/α,β-unsaturated/α-hetero) is 1. The highest BCUT2D eigenvalue weighted by Gasteiger charge is 2.15. The molecule has 0 amide bonds. The Balaban J connectivity index is 1.71. The van der Waals surface area contributed by atoms with Crippen LogP contribution in [0.3, 0.4) is 0 Å². The molecular formula is C19H15Cl2N5O. The number of rotatable bonds is 4. The molecule has 4 rings (SSSR count). The quantitative estimate of drug-likeness (QED) is 0.461. The van der Waals surface area contributed by atoms with Crippen LogP contribution in [-0.2, 0) is 0 Å². The van der Waals surface area contributed by atoms with Gasteiger partial charge in [0, 0.05) is 16.0 Å². The first-order valence-corrected chi connectivity index (χ1v) is 9.05. The lowest BCUT2D eigenvalue weighted by Gasteiger charge is -2.14. The summed E-state index contributed by atoms with van der Waals surface area (Å²) in [5.74, 6) is 1.26. The second-order valence-corrected chi connectivity index (χ2v) is 7.12. The number of carbonyl (C=O) groups excluding carboxylic acids is 1. The molecule has 4 aromatic rings. The number of hydrogen-bond donors (Lipinski definition) is 2. The molecule has 1 atom stereocenters. The van der Waals surface area contributed by atoms with Gasteiger partial charge in [0.1, 0.15) is 18.0 Å². The van der Waals surface area contributed by atoms with Gasteiger partial charge in [0.2, 0.25) is 0 Å². The van der Waals surface area contributed by atoms with E-state index in [1.54, 1.807) is 18.2 Å². The molecule has 0 radical (unpaired) electrons. The topological polar surface area (TPSA) is 83.6 Å². The third kappa shape index (κ3) is 3.34. The van der Waals surface area contributed by atoms with Gasteiger partial charge in [0.05, 0.1) is 27.6 Å². The highest BCUT2D eigenvalue weighted by Crippen LogP contribution is 2.29. The second kappa shape index (κ2) is 6.79. The van der Waals surface area contributed by atoms with Crippen LogP contribution in [0.2, 0.25) is 10.0 Å². The average molecular weight is 400 g/mol. The average Bonchev–Trinajstić information content (AvgIpc) is 3.05. The number of carbonyl (C=O) groups is 1. The Kier molecular flexibility index (Phi) is 4.45. The van der Waals surface area contributed by atoms with Gasteiger partial charge in [-0.3, -0.25) is 4.79 Å². The van der Waals surface area contributed by atoms with Crippen LogP contribution in [0.4, 0.5) is 5.82 Å². The Morgan fingerprint density at radius 1 is 1.15 bits per heavy atom. The number of ketones is 1. The standard InChI is InChI=1S/C19H15Cl2N5O/c1-9(18-25-15-4-3-11(20)5-17(15)26-18)24-19-13-6-14(21)12(10(2)27)7-16(13)22-8-23-19/h3-9H,1-2H3,(H,25,26)(H,22,23,24)/t9-/m0/s1. The van der Waals surface area contributed by atoms with Crippen LogP contribution in [0.15, 0.2) is 36.7 Å². The molecule has 0 fully saturated rings. The normalized spacial score (nSPS) is 12.4. The Labute approximate surface area is 164 Å². The van der Waals surface area contributed by atoms with E-state index in [1.165, 1.54) is 13.3 Å². The lowest BCUT2D eigenvalue weighted by Crippen LogP contribution is -2.10. The summed E-state index contributed by atoms with van der Waals surface area (Å²) in [5.41, 5.74) is 2.79. The van der Waals surface area contributed by atoms with Crippen molar-refractivity contribution < 1.29 is 4.79 Å². The maximum atomic E-state index is 11.7. The van der Waals surface area contributed by atoms with Gasteiger partial charge in [-0.2, -0.15) is 0 Å². The predicted molar refractivity (Wildman–Crippen MR) is 108 cm³/mol. The number of nitrogens with one attached hydrogen (secondary N) is 2. The number of aromatic amines is 1. The van der Waals surface area contributed by atoms with Crippen molar-refractivity contribution in [1.29, 1.82) is 0 Å². The van der Waals surface area contributed by atoms with Gasteiger partial charge in [-0.15, -0.1) is 0 Å². The smallest absolute Gasteiger partial charge is 0.161 e. The maximum Gasteiger partial charge on any atom is 0.161 e. The van der Waals surface area contributed by atoms with E-state index in [0.717, 1.165) is 22.2 Å². The minimum absolute atomic E-state index is 0.107. The first-order valence-electron chi connectivity index (χ1n) is 8.29. The van der Waals surface area contributed by atoms with E-state index < -0.39 is 0 Å². The number of fused-ring (bicyclic) bond motifs is 2. The van der Waals surface area contributed by atoms with Crippen molar-refractivity contribution in [2.75, 3.05) is 5.32 Å². The van der Waals surface area contributed by atoms with Crippen molar-refractivity contribution in [1.82, 2.24) is 19.9 Å². The Morgan fingerprint density at radius 3 is 2.74 bits per heavy atom. The number of halogens is 2. The number of imidazole rings is 1. The van der Waals surface area contributed by atoms with Crippen molar-refractivity contribution in [2.24, 2.45) is 0 Å². The molecule has 0 aliphatic rings. The molecule has 136 valence electrons. The van der Waals surface area contributed by atoms with Gasteiger partial charge in [0.25, 0.3) is 0 Å². The van der Waals surface area contributed by atoms with Crippen LogP contribution in [0, 0.1) is 0 Å². The van der Waals surface area contributed by atoms with E-state index in [1.807, 2.05) is 19.1 Å². The molecule has 2 N–H and O–H groups in total. The first kappa shape index (κ1) is 17.7. The SMILES string of the molecule is CC(=O)c1cc2ncnc(N[C@@H](C)c3nc4ccc(Cl)cc4[nH]3)c2cc1Cl. The highest BCUT2D eigenvalue weighted by atomic mass is 35.5. The van der Waals surface area contributed by atoms with Crippen LogP contribution < -0.4 is 5.32 Å². The summed E-state index contributed by atoms with van der Waals surface area (Å²) in [6.45, 7) is 3.45. The minimum atomic E-state index is -0.152. The monoisotopic (exact) mass is 399 g/mol. The molecule has 2 aromatic carbocycles. The number of aromatic nitrogens is 4. The zero-order chi connectivity index (χ0) is 19.1. The van der Waals surface area contributed by atoms with E-state index in [-0.39, 0.29) is 11.8 Å². The van der Waals surface area contributed by atoms with E-state index in [2.05, 4.69) is 25.3 Å². The number of H-pyrrole nitrogens is 1. The van der Waals surface area contributed by atoms with Gasteiger partial charge < -0.3 is 10.3 Å². The number of hydrogen-bond acceptors (Lipinski definition) is 5. The summed E-state index contributed by atoms with van der Waals surface area (Å²) in [6.07, 6.45) is 1.45. The fourth-order valence-corrected chi connectivity index (χ4v) is 3.41. The lowest BCUT2D eigenvalue weighted by atomic mass is 10.1. The molecular weight excluding hydrogens is 385 g/mol. The first-order chi connectivity index (χ1) is 12.9. The number of anilines is 1. The van der Waals surface area contributed by atoms with Gasteiger partial charge in [0.15, 0.2) is 5.78 Å². The molecule has 6 nitrogen and oxygen atoms in total. The van der Waals surface area contributed by atoms with E-state index in [4.69, 9.17) is 23.2 Å². The minimum Gasteiger partial charge on any atom is -0.360 e. The fourth-order valence-electron chi connectivity index (χ4n) is 2.94. The van der Waals surface area contributed by atoms with Gasteiger partial charge in [-0.05, 0) is 44.2 Å². The molecule has 0 aliphatic heterocycles. The Hall–Kier alpha value is -2.70. The molecule has 0 aliphatic carbocycles. The van der Waals surface area contributed by atoms with Gasteiger partial charge in [-0.1, -0.05) is 23.2 Å². The molecule has 8 heteroatoms. The zero-order valence-electron chi connectivity index (χ0n) is 14.5. The molecule has 0 saturated heterocycles. The van der Waals surface area contributed by atoms with Crippen LogP contribution in [0.1, 0.15) is 36.1 Å². The third-order valence-electron chi connectivity index (χ3n) is 4.33. The summed E-state index contributed by atoms with van der Waals surface area (Å²) in [4.78, 5) is 28.1. The van der Waals surface area contributed by atoms with Gasteiger partial charge in [-0.25, -0.2) is 15.0 Å². The lowest BCUT2D eigenvalue weighted by molar-refractivity contribution is 0.101. The van der Waals surface area contributed by atoms with Crippen LogP contribution >= 0.6 is 23.2 Å². The molecule has 0 spiro atoms. The summed E-state index contributed by atoms with van der Waals surface area (Å²) < 4.78 is 0. The van der Waals surface area contributed by atoms with Crippen molar-refractivity contribution in [3.05, 3.63) is 58.1 Å². The molecule has 0 bridgehead atoms. The Bertz CT molecular complexity index is 1190. The zero-order valence-corrected chi connectivity index (χ0v) is 16.1. The maximum absolute atomic E-state index is 11.7. The predicted octanol–water partition coefficient (Wildman–Crippen LogP) is 5.19. The summed E-state index contributed by atoms with van der Waals surface area (Å²) in [5, 5.41) is 5.09. The number of benzene rings is 2. The van der Waals surface area contributed by atoms with Crippen LogP contribution in [0.25, 0.3) is 21.9 Å². The molecule has 0 unspecified atom stereocenters. The van der Waals surface area contributed by atoms with Crippen molar-refractivity contribution >= 4 is 56.7 Å². The Morgan fingerprint density at radius 2 is 1.96 bits per heavy atom. The van der Waals surface area contributed by atoms with E-state index in [0.29, 0.717) is 26.9 Å². The molecule has 2 heterocycles. The van der Waals surface area contributed by atoms with Gasteiger partial charge >= 0.3 is 0 Å². The fraction of sp³-hybridized carbons (Fsp3) is 0.158. The summed E-state index contributed by atoms with van der Waals surface area (Å²) >= 11 is 12.3. The highest BCUT2D eigenvalue weighted by molar-refractivity contribution is 6.35. The van der Waals surface area contributed by atoms with Crippen LogP contribution in [-0.4, -0.2) is 25.7 Å². The van der Waals surface area contributed by atoms with E-state index in [9.17, 15) is 4.79 Å². The number of nitrogens with zero attached hydrogens (tertiary/aromatic N) is 3. The molecule has 2 aromatic heterocycles. The molecule has 27 heavy (non-hydrogen) atoms. The van der Waals surface area contributed by atoms with E-state index >= 15 is 0 Å². The largest absolute Gasteiger partial charge is 0.360 e. The second-order valence-electron chi connectivity index (χ2n) is 6.28. The summed E-state index contributed by atoms with van der Waals surface area (Å²) in [6, 6.07) is 8.75. The summed E-state index contributed by atoms with van der Waals surface area (Å²) in [7, 11) is 0. The third-order valence-corrected chi connectivity index (χ3v) is 4.88.